The van der Waals surface area contributed by atoms with Crippen LogP contribution in [-0.2, 0) is 16.6 Å². The molecule has 0 aliphatic heterocycles. The van der Waals surface area contributed by atoms with Crippen molar-refractivity contribution in [1.82, 2.24) is 4.98 Å². The largest absolute Gasteiger partial charge is 0.381 e. The molecule has 24 heavy (non-hydrogen) atoms. The molecule has 1 aromatic carbocycles. The van der Waals surface area contributed by atoms with Gasteiger partial charge in [-0.3, -0.25) is 9.71 Å². The predicted octanol–water partition coefficient (Wildman–Crippen LogP) is 4.21. The zero-order valence-electron chi connectivity index (χ0n) is 12.4. The summed E-state index contributed by atoms with van der Waals surface area (Å²) in [6.45, 7) is 0.645. The van der Waals surface area contributed by atoms with Crippen LogP contribution in [0.1, 0.15) is 5.56 Å². The molecule has 5 nitrogen and oxygen atoms in total. The van der Waals surface area contributed by atoms with Crippen LogP contribution in [0, 0.1) is 0 Å². The van der Waals surface area contributed by atoms with Gasteiger partial charge >= 0.3 is 0 Å². The SMILES string of the molecule is O=S(=O)(Nc1ccc(NCc2cccnc2)cc1)c1ccc(Cl)s1. The number of aromatic nitrogens is 1. The van der Waals surface area contributed by atoms with Crippen LogP contribution in [0.25, 0.3) is 0 Å². The fourth-order valence-electron chi connectivity index (χ4n) is 2.01. The Labute approximate surface area is 149 Å². The van der Waals surface area contributed by atoms with Crippen molar-refractivity contribution in [2.24, 2.45) is 0 Å². The molecule has 2 heterocycles. The number of thiophene rings is 1. The Morgan fingerprint density at radius 2 is 1.79 bits per heavy atom. The Kier molecular flexibility index (Phi) is 5.03. The lowest BCUT2D eigenvalue weighted by Gasteiger charge is -2.09. The standard InChI is InChI=1S/C16H14ClN3O2S2/c17-15-7-8-16(23-15)24(21,22)20-14-5-3-13(4-6-14)19-11-12-2-1-9-18-10-12/h1-10,19-20H,11H2. The molecule has 0 amide bonds. The van der Waals surface area contributed by atoms with E-state index in [0.717, 1.165) is 22.6 Å². The summed E-state index contributed by atoms with van der Waals surface area (Å²) in [5.74, 6) is 0. The summed E-state index contributed by atoms with van der Waals surface area (Å²) in [6.07, 6.45) is 3.52. The van der Waals surface area contributed by atoms with Gasteiger partial charge in [0.2, 0.25) is 0 Å². The number of hydrogen-bond acceptors (Lipinski definition) is 5. The van der Waals surface area contributed by atoms with E-state index in [-0.39, 0.29) is 4.21 Å². The van der Waals surface area contributed by atoms with E-state index in [1.165, 1.54) is 6.07 Å². The smallest absolute Gasteiger partial charge is 0.271 e. The first kappa shape index (κ1) is 16.8. The van der Waals surface area contributed by atoms with Crippen molar-refractivity contribution in [3.05, 3.63) is 70.8 Å². The van der Waals surface area contributed by atoms with E-state index < -0.39 is 10.0 Å². The summed E-state index contributed by atoms with van der Waals surface area (Å²) in [5.41, 5.74) is 2.45. The second kappa shape index (κ2) is 7.21. The first-order valence-electron chi connectivity index (χ1n) is 7.04. The van der Waals surface area contributed by atoms with Crippen molar-refractivity contribution < 1.29 is 8.42 Å². The lowest BCUT2D eigenvalue weighted by Crippen LogP contribution is -2.11. The number of halogens is 1. The van der Waals surface area contributed by atoms with Crippen molar-refractivity contribution in [1.29, 1.82) is 0 Å². The molecule has 2 aromatic heterocycles. The zero-order valence-corrected chi connectivity index (χ0v) is 14.8. The quantitative estimate of drug-likeness (QED) is 0.673. The van der Waals surface area contributed by atoms with E-state index in [1.54, 1.807) is 30.6 Å². The molecule has 0 saturated carbocycles. The van der Waals surface area contributed by atoms with Gasteiger partial charge in [-0.2, -0.15) is 0 Å². The number of hydrogen-bond donors (Lipinski definition) is 2. The molecule has 0 unspecified atom stereocenters. The van der Waals surface area contributed by atoms with Gasteiger partial charge in [0.15, 0.2) is 0 Å². The van der Waals surface area contributed by atoms with Crippen LogP contribution in [0.15, 0.2) is 65.1 Å². The topological polar surface area (TPSA) is 71.1 Å². The van der Waals surface area contributed by atoms with E-state index >= 15 is 0 Å². The van der Waals surface area contributed by atoms with Crippen molar-refractivity contribution in [3.8, 4) is 0 Å². The lowest BCUT2D eigenvalue weighted by atomic mass is 10.2. The fraction of sp³-hybridized carbons (Fsp3) is 0.0625. The summed E-state index contributed by atoms with van der Waals surface area (Å²) in [4.78, 5) is 4.06. The first-order valence-corrected chi connectivity index (χ1v) is 9.72. The molecule has 0 bridgehead atoms. The number of pyridine rings is 1. The molecule has 3 aromatic rings. The monoisotopic (exact) mass is 379 g/mol. The number of nitrogens with zero attached hydrogens (tertiary/aromatic N) is 1. The molecule has 2 N–H and O–H groups in total. The highest BCUT2D eigenvalue weighted by molar-refractivity contribution is 7.94. The van der Waals surface area contributed by atoms with Gasteiger partial charge in [-0.15, -0.1) is 11.3 Å². The first-order chi connectivity index (χ1) is 11.5. The molecule has 0 saturated heterocycles. The summed E-state index contributed by atoms with van der Waals surface area (Å²) in [5, 5.41) is 3.25. The van der Waals surface area contributed by atoms with E-state index in [0.29, 0.717) is 16.6 Å². The van der Waals surface area contributed by atoms with Crippen molar-refractivity contribution in [2.75, 3.05) is 10.0 Å². The molecule has 0 spiro atoms. The third-order valence-corrected chi connectivity index (χ3v) is 6.27. The minimum absolute atomic E-state index is 0.186. The minimum atomic E-state index is -3.61. The highest BCUT2D eigenvalue weighted by atomic mass is 35.5. The highest BCUT2D eigenvalue weighted by Crippen LogP contribution is 2.27. The Hall–Kier alpha value is -2.09. The average Bonchev–Trinajstić information content (AvgIpc) is 3.02. The molecule has 0 radical (unpaired) electrons. The molecule has 0 aliphatic carbocycles. The molecule has 8 heteroatoms. The second-order valence-electron chi connectivity index (χ2n) is 4.96. The number of nitrogens with one attached hydrogen (secondary N) is 2. The average molecular weight is 380 g/mol. The van der Waals surface area contributed by atoms with E-state index in [9.17, 15) is 8.42 Å². The Morgan fingerprint density at radius 1 is 1.04 bits per heavy atom. The van der Waals surface area contributed by atoms with Crippen LogP contribution >= 0.6 is 22.9 Å². The van der Waals surface area contributed by atoms with Crippen LogP contribution in [0.2, 0.25) is 4.34 Å². The molecule has 124 valence electrons. The Bertz CT molecular complexity index is 910. The minimum Gasteiger partial charge on any atom is -0.381 e. The summed E-state index contributed by atoms with van der Waals surface area (Å²) in [7, 11) is -3.61. The van der Waals surface area contributed by atoms with Gasteiger partial charge in [-0.25, -0.2) is 8.42 Å². The van der Waals surface area contributed by atoms with E-state index in [2.05, 4.69) is 15.0 Å². The Balaban J connectivity index is 1.64. The molecule has 3 rings (SSSR count). The van der Waals surface area contributed by atoms with E-state index in [1.807, 2.05) is 24.3 Å². The maximum Gasteiger partial charge on any atom is 0.271 e. The maximum atomic E-state index is 12.2. The number of rotatable bonds is 6. The summed E-state index contributed by atoms with van der Waals surface area (Å²) < 4.78 is 27.6. The second-order valence-corrected chi connectivity index (χ2v) is 8.58. The van der Waals surface area contributed by atoms with Crippen LogP contribution in [0.3, 0.4) is 0 Å². The third kappa shape index (κ3) is 4.25. The van der Waals surface area contributed by atoms with Gasteiger partial charge in [0.1, 0.15) is 4.21 Å². The van der Waals surface area contributed by atoms with Crippen LogP contribution in [0.4, 0.5) is 11.4 Å². The highest BCUT2D eigenvalue weighted by Gasteiger charge is 2.16. The van der Waals surface area contributed by atoms with Crippen molar-refractivity contribution >= 4 is 44.3 Å². The van der Waals surface area contributed by atoms with Gasteiger partial charge < -0.3 is 5.32 Å². The molecular weight excluding hydrogens is 366 g/mol. The van der Waals surface area contributed by atoms with Crippen LogP contribution in [0.5, 0.6) is 0 Å². The van der Waals surface area contributed by atoms with Crippen molar-refractivity contribution in [3.63, 3.8) is 0 Å². The van der Waals surface area contributed by atoms with Crippen molar-refractivity contribution in [2.45, 2.75) is 10.8 Å². The van der Waals surface area contributed by atoms with Crippen LogP contribution in [-0.4, -0.2) is 13.4 Å². The zero-order chi connectivity index (χ0) is 17.0. The fourth-order valence-corrected chi connectivity index (χ4v) is 4.55. The summed E-state index contributed by atoms with van der Waals surface area (Å²) in [6, 6.07) is 14.0. The normalized spacial score (nSPS) is 11.2. The lowest BCUT2D eigenvalue weighted by molar-refractivity contribution is 0.603. The van der Waals surface area contributed by atoms with Crippen LogP contribution < -0.4 is 10.0 Å². The molecule has 0 atom stereocenters. The predicted molar refractivity (Wildman–Crippen MR) is 98.1 cm³/mol. The maximum absolute atomic E-state index is 12.2. The van der Waals surface area contributed by atoms with Gasteiger partial charge in [-0.1, -0.05) is 17.7 Å². The van der Waals surface area contributed by atoms with Gasteiger partial charge in [-0.05, 0) is 48.0 Å². The van der Waals surface area contributed by atoms with Gasteiger partial charge in [0.05, 0.1) is 4.34 Å². The molecular formula is C16H14ClN3O2S2. The Morgan fingerprint density at radius 3 is 2.42 bits per heavy atom. The van der Waals surface area contributed by atoms with E-state index in [4.69, 9.17) is 11.6 Å². The van der Waals surface area contributed by atoms with Gasteiger partial charge in [0.25, 0.3) is 10.0 Å². The molecule has 0 aliphatic rings. The number of anilines is 2. The molecule has 0 fully saturated rings. The summed E-state index contributed by atoms with van der Waals surface area (Å²) >= 11 is 6.81. The number of sulfonamides is 1. The third-order valence-electron chi connectivity index (χ3n) is 3.17. The van der Waals surface area contributed by atoms with Gasteiger partial charge in [0, 0.05) is 30.3 Å². The number of benzene rings is 1.